The summed E-state index contributed by atoms with van der Waals surface area (Å²) in [5.74, 6) is -2.25. The van der Waals surface area contributed by atoms with Gasteiger partial charge in [-0.3, -0.25) is 14.1 Å². The molecule has 0 bridgehead atoms. The summed E-state index contributed by atoms with van der Waals surface area (Å²) >= 11 is 0. The van der Waals surface area contributed by atoms with Crippen molar-refractivity contribution in [2.24, 2.45) is 0 Å². The minimum atomic E-state index is -4.90. The summed E-state index contributed by atoms with van der Waals surface area (Å²) in [6, 6.07) is 8.98. The number of para-hydroxylation sites is 1. The molecule has 0 radical (unpaired) electrons. The van der Waals surface area contributed by atoms with Crippen molar-refractivity contribution in [3.8, 4) is 5.75 Å². The molecular weight excluding hydrogens is 448 g/mol. The van der Waals surface area contributed by atoms with E-state index in [-0.39, 0.29) is 6.61 Å². The van der Waals surface area contributed by atoms with E-state index in [2.05, 4.69) is 6.92 Å². The lowest BCUT2D eigenvalue weighted by Gasteiger charge is -2.20. The lowest BCUT2D eigenvalue weighted by atomic mass is 10.0. The van der Waals surface area contributed by atoms with Crippen LogP contribution >= 0.6 is 0 Å². The van der Waals surface area contributed by atoms with Crippen LogP contribution in [0.2, 0.25) is 0 Å². The van der Waals surface area contributed by atoms with Gasteiger partial charge in [0.2, 0.25) is 0 Å². The van der Waals surface area contributed by atoms with Crippen LogP contribution in [-0.2, 0) is 24.4 Å². The Morgan fingerprint density at radius 2 is 1.45 bits per heavy atom. The number of carbonyl (C=O) groups is 2. The Morgan fingerprint density at radius 3 is 1.97 bits per heavy atom. The normalized spacial score (nSPS) is 13.3. The molecule has 0 aliphatic rings. The second-order valence-corrected chi connectivity index (χ2v) is 9.85. The molecule has 0 saturated heterocycles. The lowest BCUT2D eigenvalue weighted by Crippen LogP contribution is -2.36. The molecule has 0 aliphatic heterocycles. The number of aliphatic carboxylic acids is 1. The van der Waals surface area contributed by atoms with Crippen LogP contribution in [0.4, 0.5) is 0 Å². The third kappa shape index (κ3) is 13.9. The van der Waals surface area contributed by atoms with Gasteiger partial charge in [0.05, 0.1) is 6.42 Å². The quantitative estimate of drug-likeness (QED) is 0.158. The molecule has 2 unspecified atom stereocenters. The monoisotopic (exact) mass is 486 g/mol. The van der Waals surface area contributed by atoms with Crippen molar-refractivity contribution in [3.05, 3.63) is 30.3 Å². The number of carboxylic acid groups (broad SMARTS) is 1. The molecule has 188 valence electrons. The van der Waals surface area contributed by atoms with Gasteiger partial charge in [-0.25, -0.2) is 0 Å². The zero-order valence-corrected chi connectivity index (χ0v) is 20.3. The van der Waals surface area contributed by atoms with Crippen LogP contribution in [0.25, 0.3) is 0 Å². The topological polar surface area (TPSA) is 127 Å². The van der Waals surface area contributed by atoms with Crippen LogP contribution in [0.5, 0.6) is 5.75 Å². The fraction of sp³-hybridized carbons (Fsp3) is 0.667. The maximum Gasteiger partial charge on any atom is 0.327 e. The van der Waals surface area contributed by atoms with E-state index in [1.165, 1.54) is 44.9 Å². The third-order valence-corrected chi connectivity index (χ3v) is 6.40. The zero-order chi connectivity index (χ0) is 24.5. The van der Waals surface area contributed by atoms with Crippen LogP contribution < -0.4 is 4.74 Å². The molecule has 0 spiro atoms. The number of hydrogen-bond donors (Lipinski definition) is 2. The molecule has 9 heteroatoms. The minimum Gasteiger partial charge on any atom is -0.487 e. The molecule has 0 amide bonds. The van der Waals surface area contributed by atoms with Gasteiger partial charge in [0.25, 0.3) is 10.1 Å². The number of ether oxygens (including phenoxy) is 2. The van der Waals surface area contributed by atoms with Gasteiger partial charge < -0.3 is 14.6 Å². The smallest absolute Gasteiger partial charge is 0.327 e. The Hall–Kier alpha value is -2.13. The van der Waals surface area contributed by atoms with Gasteiger partial charge in [-0.1, -0.05) is 82.9 Å². The number of carboxylic acids is 1. The molecule has 2 atom stereocenters. The minimum absolute atomic E-state index is 0.239. The summed E-state index contributed by atoms with van der Waals surface area (Å²) in [5, 5.41) is 6.66. The van der Waals surface area contributed by atoms with Crippen LogP contribution in [0, 0.1) is 0 Å². The number of benzene rings is 1. The van der Waals surface area contributed by atoms with Gasteiger partial charge in [0.15, 0.2) is 5.25 Å². The number of hydrogen-bond acceptors (Lipinski definition) is 6. The zero-order valence-electron chi connectivity index (χ0n) is 19.5. The SMILES string of the molecule is CCCCCCCCCCCCC(COC(=O)C(CC(=O)O)S(=O)(=O)O)Oc1ccccc1. The van der Waals surface area contributed by atoms with E-state index in [0.29, 0.717) is 12.2 Å². The third-order valence-electron chi connectivity index (χ3n) is 5.32. The summed E-state index contributed by atoms with van der Waals surface area (Å²) in [5.41, 5.74) is 0. The first-order chi connectivity index (χ1) is 15.7. The summed E-state index contributed by atoms with van der Waals surface area (Å²) in [4.78, 5) is 23.0. The standard InChI is InChI=1S/C24H38O8S/c1-2-3-4-5-6-7-8-9-10-12-17-21(32-20-15-13-11-14-16-20)19-31-24(27)22(18-23(25)26)33(28,29)30/h11,13-16,21-22H,2-10,12,17-19H2,1H3,(H,25,26)(H,28,29,30). The Morgan fingerprint density at radius 1 is 0.909 bits per heavy atom. The Kier molecular flexibility index (Phi) is 14.4. The van der Waals surface area contributed by atoms with Crippen molar-refractivity contribution in [2.45, 2.75) is 95.3 Å². The molecule has 0 fully saturated rings. The molecule has 0 saturated carbocycles. The first kappa shape index (κ1) is 28.9. The largest absolute Gasteiger partial charge is 0.487 e. The van der Waals surface area contributed by atoms with Crippen LogP contribution in [0.15, 0.2) is 30.3 Å². The number of rotatable bonds is 19. The van der Waals surface area contributed by atoms with Gasteiger partial charge in [-0.2, -0.15) is 8.42 Å². The van der Waals surface area contributed by atoms with Crippen molar-refractivity contribution in [1.82, 2.24) is 0 Å². The molecule has 1 aromatic carbocycles. The molecule has 1 aromatic rings. The second kappa shape index (κ2) is 16.5. The first-order valence-corrected chi connectivity index (χ1v) is 13.3. The Bertz CT molecular complexity index is 779. The highest BCUT2D eigenvalue weighted by molar-refractivity contribution is 7.87. The van der Waals surface area contributed by atoms with Crippen LogP contribution in [0.1, 0.15) is 84.0 Å². The van der Waals surface area contributed by atoms with Crippen molar-refractivity contribution < 1.29 is 37.1 Å². The van der Waals surface area contributed by atoms with Crippen molar-refractivity contribution in [2.75, 3.05) is 6.61 Å². The molecule has 1 rings (SSSR count). The molecule has 33 heavy (non-hydrogen) atoms. The van der Waals surface area contributed by atoms with E-state index in [4.69, 9.17) is 14.6 Å². The van der Waals surface area contributed by atoms with E-state index in [1.807, 2.05) is 6.07 Å². The molecule has 8 nitrogen and oxygen atoms in total. The highest BCUT2D eigenvalue weighted by Gasteiger charge is 2.35. The van der Waals surface area contributed by atoms with E-state index in [9.17, 15) is 22.6 Å². The summed E-state index contributed by atoms with van der Waals surface area (Å²) in [6.07, 6.45) is 10.8. The second-order valence-electron chi connectivity index (χ2n) is 8.26. The number of unbranched alkanes of at least 4 members (excludes halogenated alkanes) is 9. The highest BCUT2D eigenvalue weighted by Crippen LogP contribution is 2.17. The summed E-state index contributed by atoms with van der Waals surface area (Å²) in [6.45, 7) is 1.97. The maximum atomic E-state index is 12.1. The van der Waals surface area contributed by atoms with E-state index in [0.717, 1.165) is 19.3 Å². The van der Waals surface area contributed by atoms with Crippen molar-refractivity contribution in [1.29, 1.82) is 0 Å². The Labute approximate surface area is 197 Å². The predicted octanol–water partition coefficient (Wildman–Crippen LogP) is 5.02. The first-order valence-electron chi connectivity index (χ1n) is 11.8. The fourth-order valence-corrected chi connectivity index (χ4v) is 4.13. The van der Waals surface area contributed by atoms with E-state index < -0.39 is 39.8 Å². The fourth-order valence-electron chi connectivity index (χ4n) is 3.46. The van der Waals surface area contributed by atoms with Gasteiger partial charge in [-0.15, -0.1) is 0 Å². The molecule has 0 aromatic heterocycles. The van der Waals surface area contributed by atoms with E-state index >= 15 is 0 Å². The summed E-state index contributed by atoms with van der Waals surface area (Å²) in [7, 11) is -4.90. The van der Waals surface area contributed by atoms with Gasteiger partial charge >= 0.3 is 11.9 Å². The van der Waals surface area contributed by atoms with Crippen LogP contribution in [0.3, 0.4) is 0 Å². The average Bonchev–Trinajstić information content (AvgIpc) is 2.76. The average molecular weight is 487 g/mol. The molecular formula is C24H38O8S. The van der Waals surface area contributed by atoms with Crippen molar-refractivity contribution >= 4 is 22.1 Å². The molecule has 0 heterocycles. The van der Waals surface area contributed by atoms with Gasteiger partial charge in [0, 0.05) is 0 Å². The maximum absolute atomic E-state index is 12.1. The van der Waals surface area contributed by atoms with Crippen molar-refractivity contribution in [3.63, 3.8) is 0 Å². The van der Waals surface area contributed by atoms with E-state index in [1.54, 1.807) is 24.3 Å². The Balaban J connectivity index is 2.50. The molecule has 2 N–H and O–H groups in total. The lowest BCUT2D eigenvalue weighted by molar-refractivity contribution is -0.149. The predicted molar refractivity (Wildman–Crippen MR) is 126 cm³/mol. The van der Waals surface area contributed by atoms with Gasteiger partial charge in [0.1, 0.15) is 18.5 Å². The summed E-state index contributed by atoms with van der Waals surface area (Å²) < 4.78 is 42.9. The van der Waals surface area contributed by atoms with Crippen LogP contribution in [-0.4, -0.2) is 48.0 Å². The number of esters is 1. The molecule has 0 aliphatic carbocycles. The van der Waals surface area contributed by atoms with Gasteiger partial charge in [-0.05, 0) is 25.0 Å². The highest BCUT2D eigenvalue weighted by atomic mass is 32.2. The number of carbonyl (C=O) groups excluding carboxylic acids is 1.